The molecule has 1 amide bonds. The fourth-order valence-corrected chi connectivity index (χ4v) is 2.39. The first kappa shape index (κ1) is 20.3. The van der Waals surface area contributed by atoms with Crippen LogP contribution in [-0.4, -0.2) is 39.2 Å². The molecule has 0 aliphatic heterocycles. The number of benzene rings is 2. The second-order valence-corrected chi connectivity index (χ2v) is 5.84. The van der Waals surface area contributed by atoms with Gasteiger partial charge in [-0.25, -0.2) is 0 Å². The number of rotatable bonds is 9. The lowest BCUT2D eigenvalue weighted by atomic mass is 10.1. The smallest absolute Gasteiger partial charge is 0.248 e. The summed E-state index contributed by atoms with van der Waals surface area (Å²) in [5, 5.41) is 6.43. The summed E-state index contributed by atoms with van der Waals surface area (Å²) < 4.78 is 10.7. The van der Waals surface area contributed by atoms with E-state index in [-0.39, 0.29) is 0 Å². The Morgan fingerprint density at radius 1 is 1.15 bits per heavy atom. The number of methoxy groups -OCH3 is 1. The molecule has 2 rings (SSSR count). The molecule has 0 aromatic heterocycles. The first-order valence-electron chi connectivity index (χ1n) is 8.70. The van der Waals surface area contributed by atoms with Crippen LogP contribution in [0, 0.1) is 0 Å². The van der Waals surface area contributed by atoms with Gasteiger partial charge in [-0.15, -0.1) is 0 Å². The molecule has 0 saturated heterocycles. The lowest BCUT2D eigenvalue weighted by Gasteiger charge is -2.13. The van der Waals surface area contributed by atoms with Gasteiger partial charge in [-0.05, 0) is 29.8 Å². The SMILES string of the molecule is CN=C(NCc1cccc(C(N)=O)c1)Nc1cccc(OCCCOC)c1. The number of aliphatic imine (C=N–C) groups is 1. The van der Waals surface area contributed by atoms with Gasteiger partial charge in [0.2, 0.25) is 5.91 Å². The zero-order chi connectivity index (χ0) is 19.5. The van der Waals surface area contributed by atoms with Crippen molar-refractivity contribution >= 4 is 17.6 Å². The van der Waals surface area contributed by atoms with Crippen molar-refractivity contribution in [3.63, 3.8) is 0 Å². The monoisotopic (exact) mass is 370 g/mol. The number of primary amides is 1. The van der Waals surface area contributed by atoms with E-state index in [0.717, 1.165) is 23.4 Å². The van der Waals surface area contributed by atoms with E-state index in [2.05, 4.69) is 15.6 Å². The summed E-state index contributed by atoms with van der Waals surface area (Å²) in [5.74, 6) is 0.943. The predicted octanol–water partition coefficient (Wildman–Crippen LogP) is 2.39. The molecule has 0 atom stereocenters. The van der Waals surface area contributed by atoms with Crippen LogP contribution in [0.5, 0.6) is 5.75 Å². The van der Waals surface area contributed by atoms with Crippen LogP contribution in [0.1, 0.15) is 22.3 Å². The van der Waals surface area contributed by atoms with Crippen molar-refractivity contribution in [1.29, 1.82) is 0 Å². The van der Waals surface area contributed by atoms with Gasteiger partial charge in [0.05, 0.1) is 6.61 Å². The molecular formula is C20H26N4O3. The van der Waals surface area contributed by atoms with E-state index in [1.54, 1.807) is 32.4 Å². The summed E-state index contributed by atoms with van der Waals surface area (Å²) >= 11 is 0. The average molecular weight is 370 g/mol. The van der Waals surface area contributed by atoms with Crippen LogP contribution >= 0.6 is 0 Å². The number of carbonyl (C=O) groups is 1. The quantitative estimate of drug-likeness (QED) is 0.358. The maximum absolute atomic E-state index is 11.3. The largest absolute Gasteiger partial charge is 0.493 e. The molecular weight excluding hydrogens is 344 g/mol. The zero-order valence-corrected chi connectivity index (χ0v) is 15.7. The van der Waals surface area contributed by atoms with E-state index in [0.29, 0.717) is 31.3 Å². The van der Waals surface area contributed by atoms with Gasteiger partial charge >= 0.3 is 0 Å². The van der Waals surface area contributed by atoms with Crippen LogP contribution < -0.4 is 21.1 Å². The van der Waals surface area contributed by atoms with Gasteiger partial charge in [-0.2, -0.15) is 0 Å². The number of hydrogen-bond acceptors (Lipinski definition) is 4. The maximum atomic E-state index is 11.3. The van der Waals surface area contributed by atoms with Gasteiger partial charge in [0.15, 0.2) is 5.96 Å². The van der Waals surface area contributed by atoms with Gasteiger partial charge in [0.25, 0.3) is 0 Å². The highest BCUT2D eigenvalue weighted by atomic mass is 16.5. The second kappa shape index (κ2) is 10.8. The summed E-state index contributed by atoms with van der Waals surface area (Å²) in [6.07, 6.45) is 0.835. The average Bonchev–Trinajstić information content (AvgIpc) is 2.69. The number of nitrogens with one attached hydrogen (secondary N) is 2. The molecule has 7 nitrogen and oxygen atoms in total. The van der Waals surface area contributed by atoms with Crippen molar-refractivity contribution in [1.82, 2.24) is 5.32 Å². The Morgan fingerprint density at radius 2 is 1.96 bits per heavy atom. The molecule has 2 aromatic carbocycles. The van der Waals surface area contributed by atoms with Crippen molar-refractivity contribution in [2.75, 3.05) is 32.7 Å². The van der Waals surface area contributed by atoms with Crippen LogP contribution in [0.4, 0.5) is 5.69 Å². The predicted molar refractivity (Wildman–Crippen MR) is 107 cm³/mol. The minimum atomic E-state index is -0.443. The molecule has 4 N–H and O–H groups in total. The summed E-state index contributed by atoms with van der Waals surface area (Å²) in [6.45, 7) is 1.78. The number of hydrogen-bond donors (Lipinski definition) is 3. The molecule has 7 heteroatoms. The fraction of sp³-hybridized carbons (Fsp3) is 0.300. The van der Waals surface area contributed by atoms with E-state index in [1.807, 2.05) is 30.3 Å². The summed E-state index contributed by atoms with van der Waals surface area (Å²) in [6, 6.07) is 14.8. The number of carbonyl (C=O) groups excluding carboxylic acids is 1. The molecule has 0 aliphatic carbocycles. The van der Waals surface area contributed by atoms with E-state index in [1.165, 1.54) is 0 Å². The Balaban J connectivity index is 1.91. The number of nitrogens with two attached hydrogens (primary N) is 1. The van der Waals surface area contributed by atoms with Crippen molar-refractivity contribution in [2.24, 2.45) is 10.7 Å². The Morgan fingerprint density at radius 3 is 2.70 bits per heavy atom. The summed E-state index contributed by atoms with van der Waals surface area (Å²) in [4.78, 5) is 15.5. The topological polar surface area (TPSA) is 98.0 Å². The highest BCUT2D eigenvalue weighted by Gasteiger charge is 2.04. The van der Waals surface area contributed by atoms with Gasteiger partial charge in [0.1, 0.15) is 5.75 Å². The van der Waals surface area contributed by atoms with Crippen LogP contribution in [0.2, 0.25) is 0 Å². The Bertz CT molecular complexity index is 777. The molecule has 0 heterocycles. The minimum Gasteiger partial charge on any atom is -0.493 e. The van der Waals surface area contributed by atoms with Gasteiger partial charge < -0.3 is 25.8 Å². The Hall–Kier alpha value is -3.06. The van der Waals surface area contributed by atoms with E-state index < -0.39 is 5.91 Å². The van der Waals surface area contributed by atoms with Crippen LogP contribution in [0.25, 0.3) is 0 Å². The normalized spacial score (nSPS) is 11.1. The van der Waals surface area contributed by atoms with Gasteiger partial charge in [-0.3, -0.25) is 9.79 Å². The Labute approximate surface area is 159 Å². The van der Waals surface area contributed by atoms with Crippen molar-refractivity contribution < 1.29 is 14.3 Å². The van der Waals surface area contributed by atoms with E-state index in [4.69, 9.17) is 15.2 Å². The van der Waals surface area contributed by atoms with Crippen LogP contribution in [0.3, 0.4) is 0 Å². The second-order valence-electron chi connectivity index (χ2n) is 5.84. The number of guanidine groups is 1. The molecule has 0 bridgehead atoms. The standard InChI is InChI=1S/C20H26N4O3/c1-22-20(23-14-15-6-3-7-16(12-15)19(21)25)24-17-8-4-9-18(13-17)27-11-5-10-26-2/h3-4,6-9,12-13H,5,10-11,14H2,1-2H3,(H2,21,25)(H2,22,23,24). The zero-order valence-electron chi connectivity index (χ0n) is 15.7. The molecule has 0 saturated carbocycles. The molecule has 144 valence electrons. The number of ether oxygens (including phenoxy) is 2. The lowest BCUT2D eigenvalue weighted by Crippen LogP contribution is -2.30. The number of anilines is 1. The molecule has 0 fully saturated rings. The van der Waals surface area contributed by atoms with E-state index >= 15 is 0 Å². The first-order chi connectivity index (χ1) is 13.1. The fourth-order valence-electron chi connectivity index (χ4n) is 2.39. The molecule has 0 spiro atoms. The molecule has 27 heavy (non-hydrogen) atoms. The highest BCUT2D eigenvalue weighted by molar-refractivity contribution is 5.94. The van der Waals surface area contributed by atoms with Crippen molar-refractivity contribution in [2.45, 2.75) is 13.0 Å². The number of amides is 1. The van der Waals surface area contributed by atoms with Crippen molar-refractivity contribution in [3.05, 3.63) is 59.7 Å². The van der Waals surface area contributed by atoms with Crippen molar-refractivity contribution in [3.8, 4) is 5.75 Å². The molecule has 0 unspecified atom stereocenters. The molecule has 0 aliphatic rings. The Kier molecular flexibility index (Phi) is 8.12. The first-order valence-corrected chi connectivity index (χ1v) is 8.70. The third-order valence-electron chi connectivity index (χ3n) is 3.75. The van der Waals surface area contributed by atoms with Crippen LogP contribution in [-0.2, 0) is 11.3 Å². The summed E-state index contributed by atoms with van der Waals surface area (Å²) in [5.41, 5.74) is 7.59. The minimum absolute atomic E-state index is 0.443. The molecule has 2 aromatic rings. The number of nitrogens with zero attached hydrogens (tertiary/aromatic N) is 1. The third kappa shape index (κ3) is 6.99. The summed E-state index contributed by atoms with van der Waals surface area (Å²) in [7, 11) is 3.37. The van der Waals surface area contributed by atoms with Gasteiger partial charge in [0, 0.05) is 51.0 Å². The van der Waals surface area contributed by atoms with Gasteiger partial charge in [-0.1, -0.05) is 18.2 Å². The van der Waals surface area contributed by atoms with Crippen LogP contribution in [0.15, 0.2) is 53.5 Å². The lowest BCUT2D eigenvalue weighted by molar-refractivity contribution is 0.1000. The third-order valence-corrected chi connectivity index (χ3v) is 3.75. The maximum Gasteiger partial charge on any atom is 0.248 e. The molecule has 0 radical (unpaired) electrons. The van der Waals surface area contributed by atoms with E-state index in [9.17, 15) is 4.79 Å². The highest BCUT2D eigenvalue weighted by Crippen LogP contribution is 2.17.